The Morgan fingerprint density at radius 3 is 2.41 bits per heavy atom. The second-order valence-corrected chi connectivity index (χ2v) is 7.21. The van der Waals surface area contributed by atoms with Crippen molar-refractivity contribution in [2.75, 3.05) is 19.0 Å². The fraction of sp³-hybridized carbons (Fsp3) is 0.304. The second kappa shape index (κ2) is 10.9. The van der Waals surface area contributed by atoms with E-state index in [9.17, 15) is 14.4 Å². The number of unbranched alkanes of at least 4 members (excludes halogenated alkanes) is 2. The molecular formula is C23H27N5O4. The first-order chi connectivity index (χ1) is 15.5. The third kappa shape index (κ3) is 5.63. The number of benzene rings is 2. The molecule has 0 saturated carbocycles. The van der Waals surface area contributed by atoms with E-state index in [2.05, 4.69) is 28.2 Å². The molecule has 9 heteroatoms. The topological polar surface area (TPSA) is 114 Å². The number of anilines is 1. The van der Waals surface area contributed by atoms with Gasteiger partial charge in [0.2, 0.25) is 0 Å². The monoisotopic (exact) mass is 437 g/mol. The zero-order valence-electron chi connectivity index (χ0n) is 18.2. The Labute approximate surface area is 185 Å². The van der Waals surface area contributed by atoms with Gasteiger partial charge in [0, 0.05) is 17.6 Å². The molecule has 0 radical (unpaired) electrons. The highest BCUT2D eigenvalue weighted by atomic mass is 16.5. The summed E-state index contributed by atoms with van der Waals surface area (Å²) in [6.07, 6.45) is 2.75. The van der Waals surface area contributed by atoms with E-state index in [1.807, 2.05) is 0 Å². The number of hydrogen-bond donors (Lipinski definition) is 3. The average Bonchev–Trinajstić information content (AvgIpc) is 2.83. The fourth-order valence-electron chi connectivity index (χ4n) is 3.19. The highest BCUT2D eigenvalue weighted by Gasteiger charge is 2.17. The van der Waals surface area contributed by atoms with Gasteiger partial charge in [-0.1, -0.05) is 38.0 Å². The van der Waals surface area contributed by atoms with Gasteiger partial charge in [-0.05, 0) is 36.8 Å². The quantitative estimate of drug-likeness (QED) is 0.350. The Balaban J connectivity index is 1.66. The van der Waals surface area contributed by atoms with E-state index >= 15 is 0 Å². The van der Waals surface area contributed by atoms with Gasteiger partial charge in [-0.2, -0.15) is 5.10 Å². The Morgan fingerprint density at radius 2 is 1.72 bits per heavy atom. The summed E-state index contributed by atoms with van der Waals surface area (Å²) in [6, 6.07) is 13.9. The predicted octanol–water partition coefficient (Wildman–Crippen LogP) is 2.47. The molecule has 0 bridgehead atoms. The number of fused-ring (bicyclic) bond motifs is 1. The SMILES string of the molecule is CCCCCn1nc(C(=O)NNC(=O)CNc2ccc(OC)cc2)c2ccccc2c1=O. The Kier molecular flexibility index (Phi) is 7.80. The van der Waals surface area contributed by atoms with Crippen molar-refractivity contribution < 1.29 is 14.3 Å². The summed E-state index contributed by atoms with van der Waals surface area (Å²) in [4.78, 5) is 37.6. The van der Waals surface area contributed by atoms with Crippen LogP contribution in [0.2, 0.25) is 0 Å². The molecule has 0 atom stereocenters. The number of methoxy groups -OCH3 is 1. The standard InChI is InChI=1S/C23H27N5O4/c1-3-4-7-14-28-23(31)19-9-6-5-8-18(19)21(27-28)22(30)26-25-20(29)15-24-16-10-12-17(32-2)13-11-16/h5-6,8-13,24H,3-4,7,14-15H2,1-2H3,(H,25,29)(H,26,30). The van der Waals surface area contributed by atoms with Crippen molar-refractivity contribution in [3.8, 4) is 5.75 Å². The molecule has 0 aliphatic heterocycles. The van der Waals surface area contributed by atoms with Gasteiger partial charge in [-0.25, -0.2) is 4.68 Å². The van der Waals surface area contributed by atoms with Gasteiger partial charge < -0.3 is 10.1 Å². The lowest BCUT2D eigenvalue weighted by Crippen LogP contribution is -2.45. The summed E-state index contributed by atoms with van der Waals surface area (Å²) >= 11 is 0. The maximum Gasteiger partial charge on any atom is 0.290 e. The van der Waals surface area contributed by atoms with Gasteiger partial charge >= 0.3 is 0 Å². The molecule has 0 aliphatic rings. The maximum atomic E-state index is 12.8. The first-order valence-electron chi connectivity index (χ1n) is 10.5. The van der Waals surface area contributed by atoms with Crippen LogP contribution >= 0.6 is 0 Å². The summed E-state index contributed by atoms with van der Waals surface area (Å²) in [6.45, 7) is 2.45. The van der Waals surface area contributed by atoms with Crippen LogP contribution in [0.1, 0.15) is 36.7 Å². The Bertz CT molecular complexity index is 1140. The van der Waals surface area contributed by atoms with Gasteiger partial charge in [0.15, 0.2) is 5.69 Å². The van der Waals surface area contributed by atoms with E-state index < -0.39 is 11.8 Å². The van der Waals surface area contributed by atoms with Crippen LogP contribution in [0.4, 0.5) is 5.69 Å². The van der Waals surface area contributed by atoms with Crippen molar-refractivity contribution in [3.63, 3.8) is 0 Å². The number of hydrazine groups is 1. The number of hydrogen-bond acceptors (Lipinski definition) is 6. The maximum absolute atomic E-state index is 12.8. The molecule has 3 rings (SSSR count). The van der Waals surface area contributed by atoms with E-state index in [0.29, 0.717) is 23.1 Å². The fourth-order valence-corrected chi connectivity index (χ4v) is 3.19. The number of aryl methyl sites for hydroxylation is 1. The Hall–Kier alpha value is -3.88. The van der Waals surface area contributed by atoms with Crippen LogP contribution in [0.5, 0.6) is 5.75 Å². The molecule has 0 spiro atoms. The van der Waals surface area contributed by atoms with Gasteiger partial charge in [0.05, 0.1) is 19.0 Å². The van der Waals surface area contributed by atoms with Gasteiger partial charge in [0.1, 0.15) is 5.75 Å². The first kappa shape index (κ1) is 22.8. The van der Waals surface area contributed by atoms with E-state index in [4.69, 9.17) is 4.74 Å². The van der Waals surface area contributed by atoms with Gasteiger partial charge in [-0.15, -0.1) is 0 Å². The zero-order chi connectivity index (χ0) is 22.9. The summed E-state index contributed by atoms with van der Waals surface area (Å²) in [5.41, 5.74) is 5.34. The number of nitrogens with one attached hydrogen (secondary N) is 3. The smallest absolute Gasteiger partial charge is 0.290 e. The predicted molar refractivity (Wildman–Crippen MR) is 123 cm³/mol. The number of ether oxygens (including phenoxy) is 1. The lowest BCUT2D eigenvalue weighted by molar-refractivity contribution is -0.120. The molecule has 3 aromatic rings. The van der Waals surface area contributed by atoms with Crippen molar-refractivity contribution in [1.29, 1.82) is 0 Å². The van der Waals surface area contributed by atoms with Crippen molar-refractivity contribution in [2.45, 2.75) is 32.7 Å². The summed E-state index contributed by atoms with van der Waals surface area (Å²) in [7, 11) is 1.58. The lowest BCUT2D eigenvalue weighted by atomic mass is 10.1. The molecule has 32 heavy (non-hydrogen) atoms. The molecule has 1 aromatic heterocycles. The zero-order valence-corrected chi connectivity index (χ0v) is 18.2. The summed E-state index contributed by atoms with van der Waals surface area (Å²) in [5.74, 6) is -0.319. The number of nitrogens with zero attached hydrogens (tertiary/aromatic N) is 2. The third-order valence-electron chi connectivity index (χ3n) is 4.91. The van der Waals surface area contributed by atoms with Gasteiger partial charge in [-0.3, -0.25) is 25.2 Å². The van der Waals surface area contributed by atoms with E-state index in [0.717, 1.165) is 24.9 Å². The van der Waals surface area contributed by atoms with E-state index in [1.54, 1.807) is 55.6 Å². The summed E-state index contributed by atoms with van der Waals surface area (Å²) < 4.78 is 6.41. The van der Waals surface area contributed by atoms with Crippen LogP contribution < -0.4 is 26.5 Å². The van der Waals surface area contributed by atoms with E-state index in [-0.39, 0.29) is 17.8 Å². The molecule has 168 valence electrons. The molecule has 0 aliphatic carbocycles. The summed E-state index contributed by atoms with van der Waals surface area (Å²) in [5, 5.41) is 8.08. The molecule has 2 aromatic carbocycles. The van der Waals surface area contributed by atoms with Crippen LogP contribution in [0.25, 0.3) is 10.8 Å². The molecule has 2 amide bonds. The molecule has 9 nitrogen and oxygen atoms in total. The minimum atomic E-state index is -0.594. The molecule has 3 N–H and O–H groups in total. The van der Waals surface area contributed by atoms with Crippen molar-refractivity contribution in [1.82, 2.24) is 20.6 Å². The third-order valence-corrected chi connectivity index (χ3v) is 4.91. The number of aromatic nitrogens is 2. The van der Waals surface area contributed by atoms with Gasteiger partial charge in [0.25, 0.3) is 17.4 Å². The van der Waals surface area contributed by atoms with Crippen molar-refractivity contribution >= 4 is 28.3 Å². The first-order valence-corrected chi connectivity index (χ1v) is 10.5. The number of carbonyl (C=O) groups excluding carboxylic acids is 2. The normalized spacial score (nSPS) is 10.6. The molecular weight excluding hydrogens is 410 g/mol. The van der Waals surface area contributed by atoms with Crippen LogP contribution in [0.15, 0.2) is 53.3 Å². The highest BCUT2D eigenvalue weighted by molar-refractivity contribution is 6.05. The Morgan fingerprint density at radius 1 is 1.00 bits per heavy atom. The molecule has 0 fully saturated rings. The number of amides is 2. The molecule has 1 heterocycles. The van der Waals surface area contributed by atoms with Crippen LogP contribution in [-0.2, 0) is 11.3 Å². The minimum Gasteiger partial charge on any atom is -0.497 e. The number of carbonyl (C=O) groups is 2. The number of rotatable bonds is 9. The van der Waals surface area contributed by atoms with Crippen molar-refractivity contribution in [3.05, 3.63) is 64.6 Å². The molecule has 0 unspecified atom stereocenters. The van der Waals surface area contributed by atoms with Crippen LogP contribution in [0.3, 0.4) is 0 Å². The average molecular weight is 438 g/mol. The van der Waals surface area contributed by atoms with Crippen LogP contribution in [-0.4, -0.2) is 35.2 Å². The van der Waals surface area contributed by atoms with Crippen LogP contribution in [0, 0.1) is 0 Å². The van der Waals surface area contributed by atoms with E-state index in [1.165, 1.54) is 4.68 Å². The largest absolute Gasteiger partial charge is 0.497 e. The second-order valence-electron chi connectivity index (χ2n) is 7.21. The molecule has 0 saturated heterocycles. The highest BCUT2D eigenvalue weighted by Crippen LogP contribution is 2.15. The minimum absolute atomic E-state index is 0.0443. The lowest BCUT2D eigenvalue weighted by Gasteiger charge is -2.12. The van der Waals surface area contributed by atoms with Crippen molar-refractivity contribution in [2.24, 2.45) is 0 Å².